The van der Waals surface area contributed by atoms with E-state index in [0.717, 1.165) is 43.9 Å². The molecule has 0 aliphatic heterocycles. The smallest absolute Gasteiger partial charge is 0.0597 e. The molecule has 61 heavy (non-hydrogen) atoms. The summed E-state index contributed by atoms with van der Waals surface area (Å²) in [4.78, 5) is 0. The molecule has 0 amide bonds. The molecule has 0 aromatic heterocycles. The maximum Gasteiger partial charge on any atom is 0.0597 e. The van der Waals surface area contributed by atoms with Crippen LogP contribution in [0.2, 0.25) is 0 Å². The molecule has 0 spiro atoms. The lowest BCUT2D eigenvalue weighted by atomic mass is 9.74. The van der Waals surface area contributed by atoms with Crippen LogP contribution in [0, 0.1) is 62.6 Å². The predicted octanol–water partition coefficient (Wildman–Crippen LogP) is 15.2. The molecule has 0 saturated heterocycles. The Balaban J connectivity index is 0.000000407. The van der Waals surface area contributed by atoms with E-state index in [1.807, 2.05) is 20.8 Å². The van der Waals surface area contributed by atoms with E-state index in [9.17, 15) is 20.4 Å². The van der Waals surface area contributed by atoms with Gasteiger partial charge in [0.25, 0.3) is 0 Å². The first-order chi connectivity index (χ1) is 27.9. The SMILES string of the molecule is CC1=CCC(/C=C/C(C)(C)C(C)O)C1(C)C.CC1=CCC(/C=C/C(C)C(C)O)C1(C)C.CC1=CCC(CCC(C)C(C)O)C1(C)C.CCC(O)CCCC1CC=C(C)C1(C)C. The lowest BCUT2D eigenvalue weighted by Gasteiger charge is -2.30. The Morgan fingerprint density at radius 1 is 0.590 bits per heavy atom. The maximum absolute atomic E-state index is 9.67. The van der Waals surface area contributed by atoms with Crippen LogP contribution in [0.1, 0.15) is 203 Å². The summed E-state index contributed by atoms with van der Waals surface area (Å²) in [6.45, 7) is 43.6. The average Bonchev–Trinajstić information content (AvgIpc) is 3.79. The van der Waals surface area contributed by atoms with Crippen molar-refractivity contribution < 1.29 is 20.4 Å². The van der Waals surface area contributed by atoms with E-state index in [4.69, 9.17) is 0 Å². The number of aliphatic hydroxyl groups excluding tert-OH is 4. The average molecular weight is 851 g/mol. The van der Waals surface area contributed by atoms with Gasteiger partial charge in [0.15, 0.2) is 0 Å². The summed E-state index contributed by atoms with van der Waals surface area (Å²) in [7, 11) is 0. The van der Waals surface area contributed by atoms with Crippen molar-refractivity contribution in [3.63, 3.8) is 0 Å². The summed E-state index contributed by atoms with van der Waals surface area (Å²) in [5.41, 5.74) is 7.24. The minimum atomic E-state index is -0.303. The van der Waals surface area contributed by atoms with E-state index in [2.05, 4.69) is 166 Å². The quantitative estimate of drug-likeness (QED) is 0.124. The van der Waals surface area contributed by atoms with Crippen LogP contribution in [-0.2, 0) is 0 Å². The molecule has 4 rings (SSSR count). The number of rotatable bonds is 15. The fraction of sp³-hybridized carbons (Fsp3) is 0.789. The standard InChI is InChI=1S/C15H26O.C14H26O.C14H24O.C14H26O/c1-11-7-8-13(15(11,5)6)9-10-14(3,4)12(2)16;2*1-10(12(3)15)6-8-13-9-7-11(2)14(13,4)5;1-5-13(15)8-6-7-12-10-9-11(2)14(12,3)4/h7,9-10,12-13,16H,8H2,1-6H3;7,10,12-13,15H,6,8-9H2,1-5H3;6-8,10,12-13,15H,9H2,1-5H3;9,12-13,15H,5-8,10H2,1-4H3/b10-9+;;8-6+;. The van der Waals surface area contributed by atoms with Crippen molar-refractivity contribution in [3.05, 3.63) is 70.9 Å². The molecule has 10 atom stereocenters. The molecule has 4 aliphatic carbocycles. The first-order valence-corrected chi connectivity index (χ1v) is 24.7. The zero-order valence-electron chi connectivity index (χ0n) is 43.8. The van der Waals surface area contributed by atoms with Crippen molar-refractivity contribution in [1.29, 1.82) is 0 Å². The van der Waals surface area contributed by atoms with Gasteiger partial charge in [0.1, 0.15) is 0 Å². The molecular weight excluding hydrogens is 749 g/mol. The molecule has 4 heteroatoms. The third-order valence-electron chi connectivity index (χ3n) is 17.3. The van der Waals surface area contributed by atoms with E-state index in [0.29, 0.717) is 28.6 Å². The van der Waals surface area contributed by atoms with Crippen LogP contribution in [0.4, 0.5) is 0 Å². The van der Waals surface area contributed by atoms with E-state index in [1.165, 1.54) is 48.8 Å². The second-order valence-electron chi connectivity index (χ2n) is 23.1. The van der Waals surface area contributed by atoms with Crippen molar-refractivity contribution in [2.24, 2.45) is 62.6 Å². The van der Waals surface area contributed by atoms with Gasteiger partial charge in [-0.05, 0) is 163 Å². The highest BCUT2D eigenvalue weighted by molar-refractivity contribution is 5.24. The first kappa shape index (κ1) is 57.3. The van der Waals surface area contributed by atoms with Gasteiger partial charge in [-0.25, -0.2) is 0 Å². The number of hydrogen-bond donors (Lipinski definition) is 4. The first-order valence-electron chi connectivity index (χ1n) is 24.7. The molecule has 4 aliphatic rings. The Labute approximate surface area is 379 Å². The Morgan fingerprint density at radius 2 is 1.00 bits per heavy atom. The Bertz CT molecular complexity index is 1490. The van der Waals surface area contributed by atoms with Crippen molar-refractivity contribution in [3.8, 4) is 0 Å². The van der Waals surface area contributed by atoms with Gasteiger partial charge in [0.2, 0.25) is 0 Å². The van der Waals surface area contributed by atoms with Gasteiger partial charge in [-0.15, -0.1) is 0 Å². The Kier molecular flexibility index (Phi) is 23.0. The molecule has 4 N–H and O–H groups in total. The fourth-order valence-corrected chi connectivity index (χ4v) is 8.78. The highest BCUT2D eigenvalue weighted by Crippen LogP contribution is 2.47. The maximum atomic E-state index is 9.67. The van der Waals surface area contributed by atoms with Gasteiger partial charge in [0.05, 0.1) is 24.4 Å². The number of allylic oxidation sites excluding steroid dienone is 10. The van der Waals surface area contributed by atoms with Gasteiger partial charge >= 0.3 is 0 Å². The minimum absolute atomic E-state index is 0.0800. The number of aliphatic hydroxyl groups is 4. The second-order valence-corrected chi connectivity index (χ2v) is 23.1. The molecule has 4 nitrogen and oxygen atoms in total. The van der Waals surface area contributed by atoms with E-state index < -0.39 is 0 Å². The predicted molar refractivity (Wildman–Crippen MR) is 267 cm³/mol. The molecule has 0 bridgehead atoms. The van der Waals surface area contributed by atoms with E-state index >= 15 is 0 Å². The summed E-state index contributed by atoms with van der Waals surface area (Å²) in [5.74, 6) is 3.42. The van der Waals surface area contributed by atoms with Gasteiger partial charge in [-0.1, -0.05) is 167 Å². The van der Waals surface area contributed by atoms with Gasteiger partial charge in [-0.2, -0.15) is 0 Å². The van der Waals surface area contributed by atoms with Crippen LogP contribution >= 0.6 is 0 Å². The van der Waals surface area contributed by atoms with Gasteiger partial charge in [-0.3, -0.25) is 0 Å². The second kappa shape index (κ2) is 24.5. The van der Waals surface area contributed by atoms with Crippen molar-refractivity contribution in [1.82, 2.24) is 0 Å². The normalized spacial score (nSPS) is 27.9. The van der Waals surface area contributed by atoms with E-state index in [-0.39, 0.29) is 46.6 Å². The molecule has 0 fully saturated rings. The van der Waals surface area contributed by atoms with Crippen LogP contribution in [0.5, 0.6) is 0 Å². The molecule has 0 aromatic rings. The van der Waals surface area contributed by atoms with Crippen molar-refractivity contribution >= 4 is 0 Å². The van der Waals surface area contributed by atoms with Crippen LogP contribution in [-0.4, -0.2) is 44.8 Å². The molecule has 0 heterocycles. The summed E-state index contributed by atoms with van der Waals surface area (Å²) in [5, 5.41) is 38.0. The molecule has 10 unspecified atom stereocenters. The fourth-order valence-electron chi connectivity index (χ4n) is 8.78. The monoisotopic (exact) mass is 851 g/mol. The molecule has 354 valence electrons. The third kappa shape index (κ3) is 17.0. The van der Waals surface area contributed by atoms with Gasteiger partial charge in [0, 0.05) is 5.41 Å². The summed E-state index contributed by atoms with van der Waals surface area (Å²) < 4.78 is 0. The Hall–Kier alpha value is -1.72. The lowest BCUT2D eigenvalue weighted by molar-refractivity contribution is 0.0989. The summed E-state index contributed by atoms with van der Waals surface area (Å²) >= 11 is 0. The van der Waals surface area contributed by atoms with Gasteiger partial charge < -0.3 is 20.4 Å². The molecule has 0 aromatic carbocycles. The zero-order chi connectivity index (χ0) is 47.3. The van der Waals surface area contributed by atoms with Crippen LogP contribution in [0.3, 0.4) is 0 Å². The largest absolute Gasteiger partial charge is 0.393 e. The summed E-state index contributed by atoms with van der Waals surface area (Å²) in [6, 6.07) is 0. The third-order valence-corrected chi connectivity index (χ3v) is 17.3. The van der Waals surface area contributed by atoms with Crippen molar-refractivity contribution in [2.75, 3.05) is 0 Å². The molecule has 0 radical (unpaired) electrons. The zero-order valence-corrected chi connectivity index (χ0v) is 43.8. The van der Waals surface area contributed by atoms with Crippen molar-refractivity contribution in [2.45, 2.75) is 227 Å². The van der Waals surface area contributed by atoms with Crippen LogP contribution in [0.25, 0.3) is 0 Å². The highest BCUT2D eigenvalue weighted by atomic mass is 16.3. The van der Waals surface area contributed by atoms with E-state index in [1.54, 1.807) is 5.57 Å². The lowest BCUT2D eigenvalue weighted by Crippen LogP contribution is -2.25. The topological polar surface area (TPSA) is 80.9 Å². The van der Waals surface area contributed by atoms with Crippen LogP contribution < -0.4 is 0 Å². The molecule has 0 saturated carbocycles. The molecular formula is C57H102O4. The Morgan fingerprint density at radius 3 is 1.34 bits per heavy atom. The highest BCUT2D eigenvalue weighted by Gasteiger charge is 2.37. The number of hydrogen-bond acceptors (Lipinski definition) is 4. The van der Waals surface area contributed by atoms with Crippen LogP contribution in [0.15, 0.2) is 70.9 Å². The minimum Gasteiger partial charge on any atom is -0.393 e. The summed E-state index contributed by atoms with van der Waals surface area (Å²) in [6.07, 6.45) is 29.0.